The standard InChI is InChI=1S/C37H71O10P/c1-3-5-7-9-11-13-15-17-19-21-23-25-27-29-37(41)47-35(33-46-48(42,43)45-31-34(39)30-38)32-44-36(40)28-26-24-22-20-18-16-14-12-10-8-6-4-2/h12,14,34-35,38-39H,3-11,13,15-33H2,1-2H3,(H,42,43)/b14-12-/t34-,35+/m0/s1. The van der Waals surface area contributed by atoms with Crippen molar-refractivity contribution in [1.82, 2.24) is 0 Å². The van der Waals surface area contributed by atoms with Crippen molar-refractivity contribution in [3.05, 3.63) is 12.2 Å². The van der Waals surface area contributed by atoms with Gasteiger partial charge in [0.25, 0.3) is 0 Å². The van der Waals surface area contributed by atoms with Crippen molar-refractivity contribution in [3.63, 3.8) is 0 Å². The number of hydrogen-bond donors (Lipinski definition) is 3. The van der Waals surface area contributed by atoms with E-state index in [0.717, 1.165) is 57.8 Å². The Hall–Kier alpha value is -1.29. The maximum atomic E-state index is 12.5. The topological polar surface area (TPSA) is 149 Å². The molecule has 0 aliphatic rings. The zero-order valence-electron chi connectivity index (χ0n) is 30.5. The van der Waals surface area contributed by atoms with Crippen LogP contribution in [0.2, 0.25) is 0 Å². The second kappa shape index (κ2) is 34.2. The van der Waals surface area contributed by atoms with Crippen molar-refractivity contribution in [2.24, 2.45) is 0 Å². The Morgan fingerprint density at radius 1 is 0.604 bits per heavy atom. The summed E-state index contributed by atoms with van der Waals surface area (Å²) in [6.07, 6.45) is 28.9. The van der Waals surface area contributed by atoms with Crippen LogP contribution in [0.3, 0.4) is 0 Å². The third-order valence-electron chi connectivity index (χ3n) is 8.17. The highest BCUT2D eigenvalue weighted by Gasteiger charge is 2.27. The number of rotatable bonds is 36. The normalized spacial score (nSPS) is 14.2. The second-order valence-electron chi connectivity index (χ2n) is 13.0. The van der Waals surface area contributed by atoms with Gasteiger partial charge in [-0.2, -0.15) is 0 Å². The summed E-state index contributed by atoms with van der Waals surface area (Å²) in [5.74, 6) is -0.931. The molecule has 0 spiro atoms. The Bertz CT molecular complexity index is 822. The zero-order valence-corrected chi connectivity index (χ0v) is 31.4. The maximum absolute atomic E-state index is 12.5. The van der Waals surface area contributed by atoms with Crippen molar-refractivity contribution in [2.75, 3.05) is 26.4 Å². The molecule has 0 saturated heterocycles. The van der Waals surface area contributed by atoms with Gasteiger partial charge in [-0.15, -0.1) is 0 Å². The number of esters is 2. The van der Waals surface area contributed by atoms with E-state index in [-0.39, 0.29) is 19.4 Å². The molecule has 11 heteroatoms. The van der Waals surface area contributed by atoms with Crippen LogP contribution in [0.15, 0.2) is 12.2 Å². The minimum atomic E-state index is -4.61. The fourth-order valence-corrected chi connectivity index (χ4v) is 5.95. The highest BCUT2D eigenvalue weighted by Crippen LogP contribution is 2.43. The van der Waals surface area contributed by atoms with E-state index >= 15 is 0 Å². The van der Waals surface area contributed by atoms with Crippen molar-refractivity contribution >= 4 is 19.8 Å². The van der Waals surface area contributed by atoms with Crippen molar-refractivity contribution < 1.29 is 47.8 Å². The van der Waals surface area contributed by atoms with Crippen LogP contribution in [0.5, 0.6) is 0 Å². The minimum absolute atomic E-state index is 0.187. The predicted octanol–water partition coefficient (Wildman–Crippen LogP) is 9.28. The molecule has 0 aromatic rings. The number of phosphoric acid groups is 1. The van der Waals surface area contributed by atoms with Crippen LogP contribution in [0.25, 0.3) is 0 Å². The predicted molar refractivity (Wildman–Crippen MR) is 192 cm³/mol. The van der Waals surface area contributed by atoms with E-state index in [9.17, 15) is 24.2 Å². The van der Waals surface area contributed by atoms with Gasteiger partial charge < -0.3 is 24.6 Å². The summed E-state index contributed by atoms with van der Waals surface area (Å²) in [6.45, 7) is 2.34. The van der Waals surface area contributed by atoms with Crippen LogP contribution in [-0.4, -0.2) is 65.7 Å². The number of allylic oxidation sites excluding steroid dienone is 2. The number of phosphoric ester groups is 1. The lowest BCUT2D eigenvalue weighted by atomic mass is 10.0. The number of aliphatic hydroxyl groups excluding tert-OH is 2. The highest BCUT2D eigenvalue weighted by atomic mass is 31.2. The molecule has 0 aromatic carbocycles. The molecule has 10 nitrogen and oxygen atoms in total. The van der Waals surface area contributed by atoms with Gasteiger partial charge in [-0.1, -0.05) is 135 Å². The summed E-state index contributed by atoms with van der Waals surface area (Å²) in [7, 11) is -4.61. The molecule has 3 atom stereocenters. The molecule has 1 unspecified atom stereocenters. The van der Waals surface area contributed by atoms with Crippen LogP contribution < -0.4 is 0 Å². The second-order valence-corrected chi connectivity index (χ2v) is 14.4. The summed E-state index contributed by atoms with van der Waals surface area (Å²) in [5, 5.41) is 18.3. The lowest BCUT2D eigenvalue weighted by Gasteiger charge is -2.20. The van der Waals surface area contributed by atoms with Crippen molar-refractivity contribution in [2.45, 2.75) is 187 Å². The lowest BCUT2D eigenvalue weighted by molar-refractivity contribution is -0.161. The molecular formula is C37H71O10P. The van der Waals surface area contributed by atoms with Gasteiger partial charge in [0, 0.05) is 12.8 Å². The number of unbranched alkanes of at least 4 members (excludes halogenated alkanes) is 20. The first-order valence-corrected chi connectivity index (χ1v) is 20.6. The molecule has 0 bridgehead atoms. The molecule has 3 N–H and O–H groups in total. The maximum Gasteiger partial charge on any atom is 0.472 e. The van der Waals surface area contributed by atoms with E-state index in [4.69, 9.17) is 19.1 Å². The van der Waals surface area contributed by atoms with E-state index in [1.807, 2.05) is 0 Å². The summed E-state index contributed by atoms with van der Waals surface area (Å²) in [5.41, 5.74) is 0. The fourth-order valence-electron chi connectivity index (χ4n) is 5.16. The van der Waals surface area contributed by atoms with Gasteiger partial charge in [-0.25, -0.2) is 4.57 Å². The first-order chi connectivity index (χ1) is 23.2. The third kappa shape index (κ3) is 33.2. The van der Waals surface area contributed by atoms with Gasteiger partial charge in [0.15, 0.2) is 6.10 Å². The van der Waals surface area contributed by atoms with Crippen LogP contribution in [-0.2, 0) is 32.7 Å². The van der Waals surface area contributed by atoms with Crippen LogP contribution in [0.1, 0.15) is 174 Å². The first kappa shape index (κ1) is 46.7. The summed E-state index contributed by atoms with van der Waals surface area (Å²) >= 11 is 0. The number of carbonyl (C=O) groups excluding carboxylic acids is 2. The van der Waals surface area contributed by atoms with Gasteiger partial charge in [0.05, 0.1) is 19.8 Å². The highest BCUT2D eigenvalue weighted by molar-refractivity contribution is 7.47. The smallest absolute Gasteiger partial charge is 0.462 e. The van der Waals surface area contributed by atoms with E-state index in [0.29, 0.717) is 12.8 Å². The fraction of sp³-hybridized carbons (Fsp3) is 0.892. The number of aliphatic hydroxyl groups is 2. The van der Waals surface area contributed by atoms with E-state index in [1.54, 1.807) is 0 Å². The van der Waals surface area contributed by atoms with E-state index in [2.05, 4.69) is 30.5 Å². The lowest BCUT2D eigenvalue weighted by Crippen LogP contribution is -2.29. The Morgan fingerprint density at radius 2 is 1.02 bits per heavy atom. The van der Waals surface area contributed by atoms with Gasteiger partial charge in [0.1, 0.15) is 12.7 Å². The summed E-state index contributed by atoms with van der Waals surface area (Å²) in [6, 6.07) is 0. The molecule has 48 heavy (non-hydrogen) atoms. The molecular weight excluding hydrogens is 635 g/mol. The van der Waals surface area contributed by atoms with Crippen LogP contribution in [0.4, 0.5) is 0 Å². The SMILES string of the molecule is CCCCC/C=C\CCCCCCCC(=O)OC[C@H](COP(=O)(O)OC[C@@H](O)CO)OC(=O)CCCCCCCCCCCCCCC. The molecule has 0 saturated carbocycles. The number of hydrogen-bond acceptors (Lipinski definition) is 9. The Balaban J connectivity index is 4.37. The molecule has 0 aromatic heterocycles. The minimum Gasteiger partial charge on any atom is -0.462 e. The van der Waals surface area contributed by atoms with Gasteiger partial charge in [-0.3, -0.25) is 18.6 Å². The zero-order chi connectivity index (χ0) is 35.6. The van der Waals surface area contributed by atoms with Crippen LogP contribution >= 0.6 is 7.82 Å². The van der Waals surface area contributed by atoms with Crippen LogP contribution in [0, 0.1) is 0 Å². The molecule has 0 aliphatic carbocycles. The van der Waals surface area contributed by atoms with Crippen molar-refractivity contribution in [3.8, 4) is 0 Å². The van der Waals surface area contributed by atoms with Crippen molar-refractivity contribution in [1.29, 1.82) is 0 Å². The van der Waals surface area contributed by atoms with Gasteiger partial charge >= 0.3 is 19.8 Å². The number of ether oxygens (including phenoxy) is 2. The quantitative estimate of drug-likeness (QED) is 0.0249. The molecule has 0 rings (SSSR count). The van der Waals surface area contributed by atoms with E-state index < -0.39 is 51.8 Å². The monoisotopic (exact) mass is 706 g/mol. The number of carbonyl (C=O) groups is 2. The largest absolute Gasteiger partial charge is 0.472 e. The molecule has 0 radical (unpaired) electrons. The Labute approximate surface area is 292 Å². The third-order valence-corrected chi connectivity index (χ3v) is 9.12. The average molecular weight is 707 g/mol. The summed E-state index contributed by atoms with van der Waals surface area (Å²) in [4.78, 5) is 34.8. The van der Waals surface area contributed by atoms with Gasteiger partial charge in [-0.05, 0) is 38.5 Å². The molecule has 0 aliphatic heterocycles. The van der Waals surface area contributed by atoms with Gasteiger partial charge in [0.2, 0.25) is 0 Å². The molecule has 0 amide bonds. The molecule has 284 valence electrons. The Morgan fingerprint density at radius 3 is 1.54 bits per heavy atom. The molecule has 0 heterocycles. The first-order valence-electron chi connectivity index (χ1n) is 19.1. The average Bonchev–Trinajstić information content (AvgIpc) is 3.07. The molecule has 0 fully saturated rings. The summed E-state index contributed by atoms with van der Waals surface area (Å²) < 4.78 is 32.5. The van der Waals surface area contributed by atoms with E-state index in [1.165, 1.54) is 77.0 Å². The Kier molecular flexibility index (Phi) is 33.3.